The van der Waals surface area contributed by atoms with Gasteiger partial charge in [0.15, 0.2) is 11.5 Å². The molecular weight excluding hydrogens is 214 g/mol. The molecule has 0 radical (unpaired) electrons. The van der Waals surface area contributed by atoms with Gasteiger partial charge in [0.25, 0.3) is 0 Å². The maximum absolute atomic E-state index is 5.37. The molecule has 3 heteroatoms. The molecular formula is C14H22NO2+. The molecule has 0 aliphatic carbocycles. The smallest absolute Gasteiger partial charge is 0.161 e. The first-order valence-electron chi connectivity index (χ1n) is 6.04. The number of methoxy groups -OCH3 is 2. The van der Waals surface area contributed by atoms with Crippen LogP contribution < -0.4 is 9.47 Å². The number of rotatable bonds is 2. The zero-order valence-corrected chi connectivity index (χ0v) is 11.4. The van der Waals surface area contributed by atoms with Crippen LogP contribution in [0.3, 0.4) is 0 Å². The quantitative estimate of drug-likeness (QED) is 0.733. The third-order valence-corrected chi connectivity index (χ3v) is 3.99. The fraction of sp³-hybridized carbons (Fsp3) is 0.571. The van der Waals surface area contributed by atoms with Crippen LogP contribution in [0.5, 0.6) is 11.5 Å². The second kappa shape index (κ2) is 4.22. The Labute approximate surface area is 104 Å². The number of hydrogen-bond acceptors (Lipinski definition) is 2. The highest BCUT2D eigenvalue weighted by Gasteiger charge is 2.32. The van der Waals surface area contributed by atoms with Crippen molar-refractivity contribution in [3.63, 3.8) is 0 Å². The Bertz CT molecular complexity index is 426. The number of ether oxygens (including phenoxy) is 2. The number of nitrogens with zero attached hydrogens (tertiary/aromatic N) is 1. The molecule has 17 heavy (non-hydrogen) atoms. The lowest BCUT2D eigenvalue weighted by Gasteiger charge is -2.40. The van der Waals surface area contributed by atoms with Gasteiger partial charge in [-0.1, -0.05) is 0 Å². The molecule has 0 spiro atoms. The van der Waals surface area contributed by atoms with E-state index in [1.807, 2.05) is 0 Å². The van der Waals surface area contributed by atoms with Crippen LogP contribution in [-0.2, 0) is 13.0 Å². The van der Waals surface area contributed by atoms with Gasteiger partial charge in [0.05, 0.1) is 34.4 Å². The van der Waals surface area contributed by atoms with E-state index in [2.05, 4.69) is 33.2 Å². The number of hydrogen-bond donors (Lipinski definition) is 0. The van der Waals surface area contributed by atoms with Crippen molar-refractivity contribution in [3.05, 3.63) is 23.3 Å². The van der Waals surface area contributed by atoms with Crippen LogP contribution in [0.4, 0.5) is 0 Å². The molecule has 0 unspecified atom stereocenters. The third-order valence-electron chi connectivity index (χ3n) is 3.99. The molecule has 1 heterocycles. The van der Waals surface area contributed by atoms with Crippen LogP contribution in [0.1, 0.15) is 18.1 Å². The summed E-state index contributed by atoms with van der Waals surface area (Å²) in [7, 11) is 7.95. The predicted molar refractivity (Wildman–Crippen MR) is 68.5 cm³/mol. The average Bonchev–Trinajstić information content (AvgIpc) is 2.28. The third kappa shape index (κ3) is 2.12. The molecule has 3 nitrogen and oxygen atoms in total. The normalized spacial score (nSPS) is 21.8. The average molecular weight is 236 g/mol. The van der Waals surface area contributed by atoms with Crippen LogP contribution in [0.25, 0.3) is 0 Å². The van der Waals surface area contributed by atoms with Gasteiger partial charge >= 0.3 is 0 Å². The largest absolute Gasteiger partial charge is 0.493 e. The second-order valence-corrected chi connectivity index (χ2v) is 5.47. The fourth-order valence-electron chi connectivity index (χ4n) is 2.46. The lowest BCUT2D eigenvalue weighted by Crippen LogP contribution is -2.50. The lowest BCUT2D eigenvalue weighted by atomic mass is 9.93. The van der Waals surface area contributed by atoms with Crippen molar-refractivity contribution in [2.24, 2.45) is 0 Å². The van der Waals surface area contributed by atoms with Gasteiger partial charge in [-0.05, 0) is 24.6 Å². The van der Waals surface area contributed by atoms with Crippen LogP contribution in [-0.4, -0.2) is 38.8 Å². The van der Waals surface area contributed by atoms with Gasteiger partial charge in [-0.25, -0.2) is 0 Å². The molecule has 0 amide bonds. The van der Waals surface area contributed by atoms with Gasteiger partial charge in [-0.15, -0.1) is 0 Å². The summed E-state index contributed by atoms with van der Waals surface area (Å²) < 4.78 is 11.8. The highest BCUT2D eigenvalue weighted by atomic mass is 16.5. The fourth-order valence-corrected chi connectivity index (χ4v) is 2.46. The van der Waals surface area contributed by atoms with Crippen molar-refractivity contribution in [3.8, 4) is 11.5 Å². The molecule has 0 saturated heterocycles. The summed E-state index contributed by atoms with van der Waals surface area (Å²) >= 11 is 0. The van der Waals surface area contributed by atoms with E-state index in [0.29, 0.717) is 6.04 Å². The number of fused-ring (bicyclic) bond motifs is 1. The molecule has 94 valence electrons. The topological polar surface area (TPSA) is 18.5 Å². The summed E-state index contributed by atoms with van der Waals surface area (Å²) in [5, 5.41) is 0. The molecule has 0 N–H and O–H groups in total. The molecule has 1 aromatic carbocycles. The second-order valence-electron chi connectivity index (χ2n) is 5.47. The Kier molecular flexibility index (Phi) is 3.04. The maximum atomic E-state index is 5.37. The van der Waals surface area contributed by atoms with Gasteiger partial charge in [-0.2, -0.15) is 0 Å². The van der Waals surface area contributed by atoms with Crippen molar-refractivity contribution >= 4 is 0 Å². The van der Waals surface area contributed by atoms with Crippen molar-refractivity contribution in [1.29, 1.82) is 0 Å². The van der Waals surface area contributed by atoms with E-state index in [-0.39, 0.29) is 0 Å². The zero-order valence-electron chi connectivity index (χ0n) is 11.4. The molecule has 1 aromatic rings. The Hall–Kier alpha value is -1.22. The van der Waals surface area contributed by atoms with Crippen molar-refractivity contribution in [1.82, 2.24) is 0 Å². The number of benzene rings is 1. The predicted octanol–water partition coefficient (Wildman–Crippen LogP) is 2.22. The first-order valence-corrected chi connectivity index (χ1v) is 6.04. The van der Waals surface area contributed by atoms with Crippen LogP contribution in [0.2, 0.25) is 0 Å². The number of likely N-dealkylation sites (N-methyl/N-ethyl adjacent to an activating group) is 1. The lowest BCUT2D eigenvalue weighted by molar-refractivity contribution is -0.928. The van der Waals surface area contributed by atoms with E-state index < -0.39 is 0 Å². The van der Waals surface area contributed by atoms with Crippen molar-refractivity contribution < 1.29 is 14.0 Å². The Balaban J connectivity index is 2.45. The maximum Gasteiger partial charge on any atom is 0.161 e. The Morgan fingerprint density at radius 3 is 2.12 bits per heavy atom. The van der Waals surface area contributed by atoms with E-state index >= 15 is 0 Å². The summed E-state index contributed by atoms with van der Waals surface area (Å²) in [5.74, 6) is 1.67. The molecule has 1 aliphatic rings. The molecule has 1 aliphatic heterocycles. The minimum Gasteiger partial charge on any atom is -0.493 e. The van der Waals surface area contributed by atoms with Gasteiger partial charge in [0, 0.05) is 12.0 Å². The van der Waals surface area contributed by atoms with Gasteiger partial charge < -0.3 is 14.0 Å². The van der Waals surface area contributed by atoms with E-state index in [4.69, 9.17) is 9.47 Å². The van der Waals surface area contributed by atoms with Crippen molar-refractivity contribution in [2.45, 2.75) is 25.9 Å². The standard InChI is InChI=1S/C14H22NO2/c1-10-6-11-7-13(16-4)14(17-5)8-12(11)9-15(10,2)3/h7-8,10H,6,9H2,1-5H3/q+1/t10-/m0/s1. The van der Waals surface area contributed by atoms with E-state index in [1.54, 1.807) is 14.2 Å². The van der Waals surface area contributed by atoms with Gasteiger partial charge in [0.2, 0.25) is 0 Å². The molecule has 0 aromatic heterocycles. The molecule has 0 fully saturated rings. The van der Waals surface area contributed by atoms with Crippen molar-refractivity contribution in [2.75, 3.05) is 28.3 Å². The van der Waals surface area contributed by atoms with Gasteiger partial charge in [0.1, 0.15) is 6.54 Å². The van der Waals surface area contributed by atoms with E-state index in [0.717, 1.165) is 28.9 Å². The summed E-state index contributed by atoms with van der Waals surface area (Å²) in [6.45, 7) is 3.36. The SMILES string of the molecule is COc1cc2c(cc1OC)C[N+](C)(C)[C@@H](C)C2. The highest BCUT2D eigenvalue weighted by molar-refractivity contribution is 5.48. The molecule has 1 atom stereocenters. The first-order chi connectivity index (χ1) is 7.97. The van der Waals surface area contributed by atoms with Crippen LogP contribution >= 0.6 is 0 Å². The molecule has 0 saturated carbocycles. The summed E-state index contributed by atoms with van der Waals surface area (Å²) in [4.78, 5) is 0. The first kappa shape index (κ1) is 12.2. The van der Waals surface area contributed by atoms with Crippen LogP contribution in [0, 0.1) is 0 Å². The zero-order chi connectivity index (χ0) is 12.6. The van der Waals surface area contributed by atoms with E-state index in [9.17, 15) is 0 Å². The summed E-state index contributed by atoms with van der Waals surface area (Å²) in [5.41, 5.74) is 2.78. The van der Waals surface area contributed by atoms with Gasteiger partial charge in [-0.3, -0.25) is 0 Å². The van der Waals surface area contributed by atoms with Crippen LogP contribution in [0.15, 0.2) is 12.1 Å². The minimum atomic E-state index is 0.639. The highest BCUT2D eigenvalue weighted by Crippen LogP contribution is 2.35. The monoisotopic (exact) mass is 236 g/mol. The van der Waals surface area contributed by atoms with E-state index in [1.165, 1.54) is 11.1 Å². The summed E-state index contributed by atoms with van der Waals surface area (Å²) in [6.07, 6.45) is 1.10. The minimum absolute atomic E-state index is 0.639. The Morgan fingerprint density at radius 1 is 1.06 bits per heavy atom. The molecule has 0 bridgehead atoms. The summed E-state index contributed by atoms with van der Waals surface area (Å²) in [6, 6.07) is 4.89. The molecule has 2 rings (SSSR count). The number of quaternary nitrogens is 1. The Morgan fingerprint density at radius 2 is 1.59 bits per heavy atom.